The maximum atomic E-state index is 11.9. The Morgan fingerprint density at radius 1 is 1.05 bits per heavy atom. The van der Waals surface area contributed by atoms with Crippen molar-refractivity contribution in [1.29, 1.82) is 0 Å². The van der Waals surface area contributed by atoms with Gasteiger partial charge in [0, 0.05) is 24.1 Å². The van der Waals surface area contributed by atoms with Crippen molar-refractivity contribution in [1.82, 2.24) is 0 Å². The molecule has 0 atom stereocenters. The second kappa shape index (κ2) is 7.33. The van der Waals surface area contributed by atoms with Gasteiger partial charge in [0.25, 0.3) is 0 Å². The summed E-state index contributed by atoms with van der Waals surface area (Å²) in [6.07, 6.45) is 0.233. The molecule has 2 aromatic rings. The van der Waals surface area contributed by atoms with Gasteiger partial charge in [-0.25, -0.2) is 0 Å². The molecular weight excluding hydrogens is 322 g/mol. The molecule has 1 aromatic carbocycles. The molecule has 0 bridgehead atoms. The van der Waals surface area contributed by atoms with Crippen LogP contribution in [0.3, 0.4) is 0 Å². The molecule has 1 N–H and O–H groups in total. The Morgan fingerprint density at radius 3 is 2.27 bits per heavy atom. The molecule has 6 heteroatoms. The summed E-state index contributed by atoms with van der Waals surface area (Å²) in [6, 6.07) is 9.95. The fraction of sp³-hybridized carbons (Fsp3) is 0.188. The van der Waals surface area contributed by atoms with Gasteiger partial charge in [0.15, 0.2) is 11.6 Å². The number of hydrogen-bond acceptors (Lipinski definition) is 4. The minimum absolute atomic E-state index is 0.0296. The molecule has 0 unspecified atom stereocenters. The van der Waals surface area contributed by atoms with Crippen LogP contribution in [0, 0.1) is 0 Å². The Morgan fingerprint density at radius 2 is 1.73 bits per heavy atom. The highest BCUT2D eigenvalue weighted by Gasteiger charge is 2.11. The van der Waals surface area contributed by atoms with Crippen molar-refractivity contribution < 1.29 is 14.4 Å². The van der Waals surface area contributed by atoms with Crippen molar-refractivity contribution in [2.24, 2.45) is 0 Å². The maximum Gasteiger partial charge on any atom is 0.224 e. The molecule has 0 aliphatic carbocycles. The summed E-state index contributed by atoms with van der Waals surface area (Å²) in [5.74, 6) is -0.372. The monoisotopic (exact) mass is 335 g/mol. The molecule has 0 spiro atoms. The van der Waals surface area contributed by atoms with Gasteiger partial charge in [-0.1, -0.05) is 11.6 Å². The SMILES string of the molecule is CC(=O)c1ccc(NC(=O)CCC(=O)c2ccc(Cl)s2)cc1. The van der Waals surface area contributed by atoms with E-state index in [4.69, 9.17) is 11.6 Å². The maximum absolute atomic E-state index is 11.9. The van der Waals surface area contributed by atoms with Crippen LogP contribution in [-0.2, 0) is 4.79 Å². The van der Waals surface area contributed by atoms with E-state index < -0.39 is 0 Å². The highest BCUT2D eigenvalue weighted by molar-refractivity contribution is 7.18. The van der Waals surface area contributed by atoms with E-state index in [0.29, 0.717) is 20.5 Å². The zero-order valence-corrected chi connectivity index (χ0v) is 13.5. The zero-order chi connectivity index (χ0) is 16.1. The average Bonchev–Trinajstić information content (AvgIpc) is 2.92. The lowest BCUT2D eigenvalue weighted by atomic mass is 10.1. The molecule has 1 aromatic heterocycles. The van der Waals surface area contributed by atoms with Crippen LogP contribution in [-0.4, -0.2) is 17.5 Å². The molecule has 0 aliphatic heterocycles. The van der Waals surface area contributed by atoms with E-state index in [-0.39, 0.29) is 30.3 Å². The minimum Gasteiger partial charge on any atom is -0.326 e. The Bertz CT molecular complexity index is 706. The first-order valence-electron chi connectivity index (χ1n) is 6.65. The van der Waals surface area contributed by atoms with E-state index in [1.807, 2.05) is 0 Å². The van der Waals surface area contributed by atoms with Crippen LogP contribution in [0.1, 0.15) is 39.8 Å². The summed E-state index contributed by atoms with van der Waals surface area (Å²) >= 11 is 6.98. The number of hydrogen-bond donors (Lipinski definition) is 1. The van der Waals surface area contributed by atoms with Crippen molar-refractivity contribution in [2.45, 2.75) is 19.8 Å². The lowest BCUT2D eigenvalue weighted by molar-refractivity contribution is -0.116. The minimum atomic E-state index is -0.244. The quantitative estimate of drug-likeness (QED) is 0.804. The van der Waals surface area contributed by atoms with Crippen LogP contribution in [0.4, 0.5) is 5.69 Å². The van der Waals surface area contributed by atoms with E-state index >= 15 is 0 Å². The van der Waals surface area contributed by atoms with E-state index in [1.165, 1.54) is 18.3 Å². The lowest BCUT2D eigenvalue weighted by Crippen LogP contribution is -2.13. The number of benzene rings is 1. The largest absolute Gasteiger partial charge is 0.326 e. The van der Waals surface area contributed by atoms with Gasteiger partial charge in [0.1, 0.15) is 0 Å². The van der Waals surface area contributed by atoms with Gasteiger partial charge in [-0.3, -0.25) is 14.4 Å². The van der Waals surface area contributed by atoms with Crippen LogP contribution >= 0.6 is 22.9 Å². The third kappa shape index (κ3) is 4.51. The molecule has 0 saturated heterocycles. The molecule has 114 valence electrons. The highest BCUT2D eigenvalue weighted by Crippen LogP contribution is 2.23. The highest BCUT2D eigenvalue weighted by atomic mass is 35.5. The van der Waals surface area contributed by atoms with Crippen molar-refractivity contribution in [3.05, 3.63) is 51.2 Å². The fourth-order valence-corrected chi connectivity index (χ4v) is 2.84. The average molecular weight is 336 g/mol. The molecule has 1 heterocycles. The molecule has 1 amide bonds. The van der Waals surface area contributed by atoms with Gasteiger partial charge in [0.2, 0.25) is 5.91 Å². The van der Waals surface area contributed by atoms with Crippen molar-refractivity contribution in [3.8, 4) is 0 Å². The summed E-state index contributed by atoms with van der Waals surface area (Å²) in [5, 5.41) is 2.69. The number of ketones is 2. The molecule has 0 aliphatic rings. The van der Waals surface area contributed by atoms with E-state index in [9.17, 15) is 14.4 Å². The number of carbonyl (C=O) groups excluding carboxylic acids is 3. The first kappa shape index (κ1) is 16.4. The van der Waals surface area contributed by atoms with Crippen LogP contribution < -0.4 is 5.32 Å². The smallest absolute Gasteiger partial charge is 0.224 e. The van der Waals surface area contributed by atoms with Gasteiger partial charge in [-0.15, -0.1) is 11.3 Å². The number of nitrogens with one attached hydrogen (secondary N) is 1. The molecule has 4 nitrogen and oxygen atoms in total. The summed E-state index contributed by atoms with van der Waals surface area (Å²) in [4.78, 5) is 35.4. The number of Topliss-reactive ketones (excluding diaryl/α,β-unsaturated/α-hetero) is 2. The Balaban J connectivity index is 1.85. The predicted octanol–water partition coefficient (Wildman–Crippen LogP) is 4.21. The van der Waals surface area contributed by atoms with Crippen LogP contribution in [0.25, 0.3) is 0 Å². The fourth-order valence-electron chi connectivity index (χ4n) is 1.83. The van der Waals surface area contributed by atoms with E-state index in [0.717, 1.165) is 0 Å². The molecule has 22 heavy (non-hydrogen) atoms. The number of rotatable bonds is 6. The number of anilines is 1. The van der Waals surface area contributed by atoms with Gasteiger partial charge < -0.3 is 5.32 Å². The standard InChI is InChI=1S/C16H14ClNO3S/c1-10(19)11-2-4-12(5-3-11)18-16(21)9-6-13(20)14-7-8-15(17)22-14/h2-5,7-8H,6,9H2,1H3,(H,18,21). The van der Waals surface area contributed by atoms with E-state index in [1.54, 1.807) is 36.4 Å². The lowest BCUT2D eigenvalue weighted by Gasteiger charge is -2.05. The topological polar surface area (TPSA) is 63.2 Å². The number of halogens is 1. The molecular formula is C16H14ClNO3S. The summed E-state index contributed by atoms with van der Waals surface area (Å²) in [5.41, 5.74) is 1.18. The first-order valence-corrected chi connectivity index (χ1v) is 7.84. The van der Waals surface area contributed by atoms with Crippen LogP contribution in [0.15, 0.2) is 36.4 Å². The Hall–Kier alpha value is -1.98. The molecule has 0 saturated carbocycles. The van der Waals surface area contributed by atoms with Crippen molar-refractivity contribution in [2.75, 3.05) is 5.32 Å². The normalized spacial score (nSPS) is 10.3. The Labute approximate surface area is 137 Å². The zero-order valence-electron chi connectivity index (χ0n) is 11.9. The van der Waals surface area contributed by atoms with Gasteiger partial charge in [0.05, 0.1) is 9.21 Å². The van der Waals surface area contributed by atoms with Gasteiger partial charge >= 0.3 is 0 Å². The van der Waals surface area contributed by atoms with Gasteiger partial charge in [-0.05, 0) is 43.3 Å². The predicted molar refractivity (Wildman–Crippen MR) is 88.0 cm³/mol. The molecule has 0 radical (unpaired) electrons. The molecule has 2 rings (SSSR count). The van der Waals surface area contributed by atoms with Crippen LogP contribution in [0.5, 0.6) is 0 Å². The number of carbonyl (C=O) groups is 3. The van der Waals surface area contributed by atoms with Gasteiger partial charge in [-0.2, -0.15) is 0 Å². The third-order valence-electron chi connectivity index (χ3n) is 3.00. The molecule has 0 fully saturated rings. The Kier molecular flexibility index (Phi) is 5.46. The summed E-state index contributed by atoms with van der Waals surface area (Å²) < 4.78 is 0.554. The van der Waals surface area contributed by atoms with E-state index in [2.05, 4.69) is 5.32 Å². The second-order valence-corrected chi connectivity index (χ2v) is 6.42. The summed E-state index contributed by atoms with van der Waals surface area (Å²) in [7, 11) is 0. The van der Waals surface area contributed by atoms with Crippen molar-refractivity contribution in [3.63, 3.8) is 0 Å². The van der Waals surface area contributed by atoms with Crippen molar-refractivity contribution >= 4 is 46.1 Å². The first-order chi connectivity index (χ1) is 10.5. The summed E-state index contributed by atoms with van der Waals surface area (Å²) in [6.45, 7) is 1.48. The number of amides is 1. The van der Waals surface area contributed by atoms with Crippen LogP contribution in [0.2, 0.25) is 4.34 Å². The number of thiophene rings is 1. The third-order valence-corrected chi connectivity index (χ3v) is 4.27. The second-order valence-electron chi connectivity index (χ2n) is 4.71.